The summed E-state index contributed by atoms with van der Waals surface area (Å²) in [5, 5.41) is 3.24. The molecule has 0 unspecified atom stereocenters. The van der Waals surface area contributed by atoms with Crippen LogP contribution in [0.3, 0.4) is 0 Å². The third-order valence-electron chi connectivity index (χ3n) is 2.92. The largest absolute Gasteiger partial charge is 0.399 e. The van der Waals surface area contributed by atoms with Crippen LogP contribution in [0.2, 0.25) is 0 Å². The van der Waals surface area contributed by atoms with E-state index >= 15 is 0 Å². The maximum absolute atomic E-state index is 13.4. The van der Waals surface area contributed by atoms with Crippen molar-refractivity contribution >= 4 is 11.4 Å². The van der Waals surface area contributed by atoms with E-state index in [2.05, 4.69) is 12.2 Å². The molecule has 1 saturated carbocycles. The molecule has 0 atom stereocenters. The Morgan fingerprint density at radius 1 is 1.50 bits per heavy atom. The third kappa shape index (κ3) is 1.67. The van der Waals surface area contributed by atoms with E-state index in [1.54, 1.807) is 12.1 Å². The molecule has 3 N–H and O–H groups in total. The number of nitrogens with one attached hydrogen (secondary N) is 1. The van der Waals surface area contributed by atoms with E-state index in [0.29, 0.717) is 11.4 Å². The lowest BCUT2D eigenvalue weighted by Crippen LogP contribution is -2.20. The fraction of sp³-hybridized carbons (Fsp3) is 0.455. The average Bonchev–Trinajstić information content (AvgIpc) is 2.91. The molecule has 76 valence electrons. The molecule has 14 heavy (non-hydrogen) atoms. The fourth-order valence-electron chi connectivity index (χ4n) is 1.64. The lowest BCUT2D eigenvalue weighted by Gasteiger charge is -2.17. The fourth-order valence-corrected chi connectivity index (χ4v) is 1.64. The van der Waals surface area contributed by atoms with E-state index in [1.165, 1.54) is 6.07 Å². The van der Waals surface area contributed by atoms with Crippen LogP contribution in [0.1, 0.15) is 26.2 Å². The number of rotatable bonds is 3. The zero-order valence-electron chi connectivity index (χ0n) is 8.31. The Kier molecular flexibility index (Phi) is 2.10. The molecule has 0 bridgehead atoms. The van der Waals surface area contributed by atoms with Gasteiger partial charge in [-0.3, -0.25) is 0 Å². The summed E-state index contributed by atoms with van der Waals surface area (Å²) >= 11 is 0. The van der Waals surface area contributed by atoms with Gasteiger partial charge < -0.3 is 11.1 Å². The molecule has 1 fully saturated rings. The van der Waals surface area contributed by atoms with Gasteiger partial charge in [0.25, 0.3) is 0 Å². The second-order valence-corrected chi connectivity index (χ2v) is 4.00. The van der Waals surface area contributed by atoms with Gasteiger partial charge in [0.05, 0.1) is 5.69 Å². The number of nitrogen functional groups attached to an aromatic ring is 1. The zero-order valence-corrected chi connectivity index (χ0v) is 8.31. The van der Waals surface area contributed by atoms with E-state index in [1.807, 2.05) is 0 Å². The van der Waals surface area contributed by atoms with Gasteiger partial charge in [-0.05, 0) is 37.5 Å². The molecule has 1 aromatic carbocycles. The molecule has 0 aliphatic heterocycles. The van der Waals surface area contributed by atoms with Crippen LogP contribution in [0.4, 0.5) is 15.8 Å². The molecule has 0 amide bonds. The maximum Gasteiger partial charge on any atom is 0.148 e. The molecule has 2 nitrogen and oxygen atoms in total. The van der Waals surface area contributed by atoms with Crippen molar-refractivity contribution < 1.29 is 4.39 Å². The summed E-state index contributed by atoms with van der Waals surface area (Å²) < 4.78 is 13.4. The van der Waals surface area contributed by atoms with Crippen LogP contribution in [0.25, 0.3) is 0 Å². The normalized spacial score (nSPS) is 17.9. The first-order chi connectivity index (χ1) is 6.65. The van der Waals surface area contributed by atoms with Gasteiger partial charge in [0, 0.05) is 11.2 Å². The predicted octanol–water partition coefficient (Wildman–Crippen LogP) is 2.76. The van der Waals surface area contributed by atoms with Gasteiger partial charge in [-0.25, -0.2) is 4.39 Å². The van der Waals surface area contributed by atoms with E-state index in [0.717, 1.165) is 19.3 Å². The zero-order chi connectivity index (χ0) is 10.2. The van der Waals surface area contributed by atoms with Crippen molar-refractivity contribution in [3.05, 3.63) is 24.0 Å². The number of halogens is 1. The first-order valence-corrected chi connectivity index (χ1v) is 4.98. The van der Waals surface area contributed by atoms with Crippen LogP contribution in [0.5, 0.6) is 0 Å². The molecular weight excluding hydrogens is 179 g/mol. The topological polar surface area (TPSA) is 38.0 Å². The Morgan fingerprint density at radius 3 is 2.71 bits per heavy atom. The number of nitrogens with two attached hydrogens (primary N) is 1. The number of hydrogen-bond donors (Lipinski definition) is 2. The van der Waals surface area contributed by atoms with Crippen LogP contribution >= 0.6 is 0 Å². The Morgan fingerprint density at radius 2 is 2.21 bits per heavy atom. The Bertz CT molecular complexity index is 345. The van der Waals surface area contributed by atoms with Gasteiger partial charge in [-0.2, -0.15) is 0 Å². The summed E-state index contributed by atoms with van der Waals surface area (Å²) in [6.07, 6.45) is 3.30. The first-order valence-electron chi connectivity index (χ1n) is 4.98. The summed E-state index contributed by atoms with van der Waals surface area (Å²) in [7, 11) is 0. The van der Waals surface area contributed by atoms with Gasteiger partial charge >= 0.3 is 0 Å². The summed E-state index contributed by atoms with van der Waals surface area (Å²) in [5.41, 5.74) is 6.66. The highest BCUT2D eigenvalue weighted by Gasteiger charge is 2.40. The van der Waals surface area contributed by atoms with Gasteiger partial charge in [0.2, 0.25) is 0 Å². The van der Waals surface area contributed by atoms with E-state index in [4.69, 9.17) is 5.73 Å². The predicted molar refractivity (Wildman–Crippen MR) is 56.7 cm³/mol. The monoisotopic (exact) mass is 194 g/mol. The van der Waals surface area contributed by atoms with Crippen molar-refractivity contribution in [3.63, 3.8) is 0 Å². The van der Waals surface area contributed by atoms with E-state index in [-0.39, 0.29) is 11.4 Å². The lowest BCUT2D eigenvalue weighted by atomic mass is 10.2. The Hall–Kier alpha value is -1.25. The van der Waals surface area contributed by atoms with Crippen molar-refractivity contribution in [1.82, 2.24) is 0 Å². The van der Waals surface area contributed by atoms with Crippen LogP contribution in [0.15, 0.2) is 18.2 Å². The second-order valence-electron chi connectivity index (χ2n) is 4.00. The molecule has 2 rings (SSSR count). The molecule has 1 aromatic rings. The Labute approximate surface area is 83.3 Å². The molecular formula is C11H15FN2. The minimum atomic E-state index is -0.260. The molecule has 0 heterocycles. The van der Waals surface area contributed by atoms with Crippen molar-refractivity contribution in [3.8, 4) is 0 Å². The molecule has 3 heteroatoms. The van der Waals surface area contributed by atoms with Crippen molar-refractivity contribution in [2.45, 2.75) is 31.7 Å². The molecule has 1 aliphatic carbocycles. The number of benzene rings is 1. The van der Waals surface area contributed by atoms with Crippen LogP contribution < -0.4 is 11.1 Å². The molecule has 0 saturated heterocycles. The van der Waals surface area contributed by atoms with Gasteiger partial charge in [0.1, 0.15) is 5.82 Å². The van der Waals surface area contributed by atoms with Gasteiger partial charge in [0.15, 0.2) is 0 Å². The highest BCUT2D eigenvalue weighted by molar-refractivity contribution is 5.54. The maximum atomic E-state index is 13.4. The van der Waals surface area contributed by atoms with E-state index in [9.17, 15) is 4.39 Å². The number of anilines is 2. The van der Waals surface area contributed by atoms with Crippen molar-refractivity contribution in [1.29, 1.82) is 0 Å². The van der Waals surface area contributed by atoms with Crippen LogP contribution in [-0.2, 0) is 0 Å². The van der Waals surface area contributed by atoms with Crippen LogP contribution in [0, 0.1) is 5.82 Å². The standard InChI is InChI=1S/C11H15FN2/c1-2-11(5-6-11)14-10-4-3-8(13)7-9(10)12/h3-4,7,14H,2,5-6,13H2,1H3. The Balaban J connectivity index is 2.17. The summed E-state index contributed by atoms with van der Waals surface area (Å²) in [6.45, 7) is 2.12. The summed E-state index contributed by atoms with van der Waals surface area (Å²) in [4.78, 5) is 0. The summed E-state index contributed by atoms with van der Waals surface area (Å²) in [6, 6.07) is 4.78. The number of hydrogen-bond acceptors (Lipinski definition) is 2. The average molecular weight is 194 g/mol. The highest BCUT2D eigenvalue weighted by Crippen LogP contribution is 2.42. The molecule has 0 spiro atoms. The minimum Gasteiger partial charge on any atom is -0.399 e. The quantitative estimate of drug-likeness (QED) is 0.726. The minimum absolute atomic E-state index is 0.150. The molecule has 1 aliphatic rings. The van der Waals surface area contributed by atoms with Gasteiger partial charge in [-0.1, -0.05) is 6.92 Å². The summed E-state index contributed by atoms with van der Waals surface area (Å²) in [5.74, 6) is -0.260. The smallest absolute Gasteiger partial charge is 0.148 e. The first kappa shape index (κ1) is 9.31. The molecule has 0 aromatic heterocycles. The SMILES string of the molecule is CCC1(Nc2ccc(N)cc2F)CC1. The van der Waals surface area contributed by atoms with Crippen molar-refractivity contribution in [2.24, 2.45) is 0 Å². The van der Waals surface area contributed by atoms with E-state index < -0.39 is 0 Å². The highest BCUT2D eigenvalue weighted by atomic mass is 19.1. The molecule has 0 radical (unpaired) electrons. The second kappa shape index (κ2) is 3.15. The third-order valence-corrected chi connectivity index (χ3v) is 2.92. The van der Waals surface area contributed by atoms with Gasteiger partial charge in [-0.15, -0.1) is 0 Å². The lowest BCUT2D eigenvalue weighted by molar-refractivity contribution is 0.619. The van der Waals surface area contributed by atoms with Crippen molar-refractivity contribution in [2.75, 3.05) is 11.1 Å². The van der Waals surface area contributed by atoms with Crippen LogP contribution in [-0.4, -0.2) is 5.54 Å².